The molecule has 1 heterocycles. The number of aromatic nitrogens is 2. The van der Waals surface area contributed by atoms with E-state index in [0.717, 1.165) is 19.3 Å². The van der Waals surface area contributed by atoms with E-state index in [1.807, 2.05) is 25.1 Å². The van der Waals surface area contributed by atoms with Crippen LogP contribution in [0, 0.1) is 0 Å². The van der Waals surface area contributed by atoms with Gasteiger partial charge in [0, 0.05) is 12.3 Å². The number of nitrogens with zero attached hydrogens (tertiary/aromatic N) is 2. The molecule has 0 aliphatic rings. The van der Waals surface area contributed by atoms with Crippen LogP contribution in [0.3, 0.4) is 0 Å². The molecule has 0 aliphatic heterocycles. The molecule has 0 saturated carbocycles. The van der Waals surface area contributed by atoms with Crippen LogP contribution in [-0.2, 0) is 4.74 Å². The summed E-state index contributed by atoms with van der Waals surface area (Å²) in [5.74, 6) is -0.281. The molecular weight excluding hydrogens is 304 g/mol. The van der Waals surface area contributed by atoms with E-state index in [9.17, 15) is 4.79 Å². The van der Waals surface area contributed by atoms with Crippen LogP contribution in [0.25, 0.3) is 0 Å². The average molecular weight is 328 g/mol. The summed E-state index contributed by atoms with van der Waals surface area (Å²) in [4.78, 5) is 20.8. The van der Waals surface area contributed by atoms with Gasteiger partial charge in [-0.15, -0.1) is 0 Å². The number of nitrogen functional groups attached to an aromatic ring is 1. The van der Waals surface area contributed by atoms with E-state index < -0.39 is 0 Å². The Morgan fingerprint density at radius 3 is 2.75 bits per heavy atom. The number of anilines is 2. The summed E-state index contributed by atoms with van der Waals surface area (Å²) in [6.45, 7) is 4.70. The van der Waals surface area contributed by atoms with E-state index in [4.69, 9.17) is 10.5 Å². The topological polar surface area (TPSA) is 90.1 Å². The monoisotopic (exact) mass is 328 g/mol. The summed E-state index contributed by atoms with van der Waals surface area (Å²) in [7, 11) is 0. The van der Waals surface area contributed by atoms with Gasteiger partial charge in [0.2, 0.25) is 0 Å². The molecule has 0 spiro atoms. The molecule has 1 aromatic heterocycles. The highest BCUT2D eigenvalue weighted by Crippen LogP contribution is 2.18. The molecule has 1 aromatic carbocycles. The fraction of sp³-hybridized carbons (Fsp3) is 0.389. The van der Waals surface area contributed by atoms with E-state index in [-0.39, 0.29) is 23.5 Å². The molecule has 3 N–H and O–H groups in total. The van der Waals surface area contributed by atoms with Crippen molar-refractivity contribution in [3.8, 4) is 0 Å². The molecule has 2 aromatic rings. The second kappa shape index (κ2) is 8.98. The smallest absolute Gasteiger partial charge is 0.278 e. The van der Waals surface area contributed by atoms with Crippen LogP contribution in [0.4, 0.5) is 11.5 Å². The van der Waals surface area contributed by atoms with Crippen LogP contribution < -0.4 is 11.1 Å². The molecule has 128 valence electrons. The molecule has 0 saturated heterocycles. The lowest BCUT2D eigenvalue weighted by Crippen LogP contribution is -2.18. The van der Waals surface area contributed by atoms with Gasteiger partial charge < -0.3 is 15.8 Å². The zero-order chi connectivity index (χ0) is 17.4. The Hall–Kier alpha value is -2.47. The fourth-order valence-electron chi connectivity index (χ4n) is 2.18. The quantitative estimate of drug-likeness (QED) is 0.723. The first-order valence-electron chi connectivity index (χ1n) is 8.22. The van der Waals surface area contributed by atoms with Crippen molar-refractivity contribution in [2.75, 3.05) is 17.7 Å². The van der Waals surface area contributed by atoms with Gasteiger partial charge in [0.25, 0.3) is 5.91 Å². The van der Waals surface area contributed by atoms with Crippen molar-refractivity contribution in [1.29, 1.82) is 0 Å². The Morgan fingerprint density at radius 2 is 2.04 bits per heavy atom. The maximum Gasteiger partial charge on any atom is 0.278 e. The number of benzene rings is 1. The summed E-state index contributed by atoms with van der Waals surface area (Å²) in [6.07, 6.45) is 4.59. The Kier molecular flexibility index (Phi) is 6.69. The molecule has 2 rings (SSSR count). The number of unbranched alkanes of at least 4 members (excludes halogenated alkanes) is 2. The first-order valence-corrected chi connectivity index (χ1v) is 8.22. The van der Waals surface area contributed by atoms with Crippen LogP contribution >= 0.6 is 0 Å². The van der Waals surface area contributed by atoms with Crippen molar-refractivity contribution in [2.24, 2.45) is 0 Å². The lowest BCUT2D eigenvalue weighted by atomic mass is 10.2. The molecule has 0 bridgehead atoms. The summed E-state index contributed by atoms with van der Waals surface area (Å²) >= 11 is 0. The molecule has 24 heavy (non-hydrogen) atoms. The maximum atomic E-state index is 12.4. The van der Waals surface area contributed by atoms with Gasteiger partial charge >= 0.3 is 0 Å². The van der Waals surface area contributed by atoms with Crippen molar-refractivity contribution >= 4 is 17.4 Å². The van der Waals surface area contributed by atoms with Crippen LogP contribution in [-0.4, -0.2) is 22.5 Å². The van der Waals surface area contributed by atoms with Crippen molar-refractivity contribution in [3.05, 3.63) is 47.9 Å². The highest BCUT2D eigenvalue weighted by atomic mass is 16.5. The Morgan fingerprint density at radius 1 is 1.29 bits per heavy atom. The van der Waals surface area contributed by atoms with Gasteiger partial charge in [-0.05, 0) is 25.5 Å². The third kappa shape index (κ3) is 5.03. The third-order valence-corrected chi connectivity index (χ3v) is 3.60. The highest BCUT2D eigenvalue weighted by molar-refractivity contribution is 6.05. The minimum atomic E-state index is -0.383. The number of nitrogens with two attached hydrogens (primary N) is 1. The number of hydrogen-bond acceptors (Lipinski definition) is 5. The fourth-order valence-corrected chi connectivity index (χ4v) is 2.18. The first kappa shape index (κ1) is 17.9. The van der Waals surface area contributed by atoms with Crippen molar-refractivity contribution < 1.29 is 9.53 Å². The summed E-state index contributed by atoms with van der Waals surface area (Å²) in [5.41, 5.74) is 7.19. The SMILES string of the molecule is CCCCCOC(C)c1cnc(N)c(C(=O)Nc2ccccc2)n1. The van der Waals surface area contributed by atoms with Crippen LogP contribution in [0.2, 0.25) is 0 Å². The standard InChI is InChI=1S/C18H24N4O2/c1-3-4-8-11-24-13(2)15-12-20-17(19)16(22-15)18(23)21-14-9-6-5-7-10-14/h5-7,9-10,12-13H,3-4,8,11H2,1-2H3,(H2,19,20)(H,21,23). The molecular formula is C18H24N4O2. The molecule has 6 heteroatoms. The van der Waals surface area contributed by atoms with Crippen LogP contribution in [0.15, 0.2) is 36.5 Å². The van der Waals surface area contributed by atoms with Gasteiger partial charge in [-0.2, -0.15) is 0 Å². The Balaban J connectivity index is 2.06. The molecule has 6 nitrogen and oxygen atoms in total. The lowest BCUT2D eigenvalue weighted by Gasteiger charge is -2.14. The van der Waals surface area contributed by atoms with Crippen LogP contribution in [0.5, 0.6) is 0 Å². The zero-order valence-corrected chi connectivity index (χ0v) is 14.2. The third-order valence-electron chi connectivity index (χ3n) is 3.60. The van der Waals surface area contributed by atoms with E-state index in [0.29, 0.717) is 18.0 Å². The first-order chi connectivity index (χ1) is 11.6. The Bertz CT molecular complexity index is 661. The Labute approximate surface area is 142 Å². The van der Waals surface area contributed by atoms with E-state index in [1.165, 1.54) is 0 Å². The maximum absolute atomic E-state index is 12.4. The molecule has 1 atom stereocenters. The molecule has 0 fully saturated rings. The highest BCUT2D eigenvalue weighted by Gasteiger charge is 2.17. The number of ether oxygens (including phenoxy) is 1. The molecule has 1 amide bonds. The van der Waals surface area contributed by atoms with Crippen molar-refractivity contribution in [2.45, 2.75) is 39.2 Å². The number of rotatable bonds is 8. The van der Waals surface area contributed by atoms with Gasteiger partial charge in [-0.25, -0.2) is 9.97 Å². The summed E-state index contributed by atoms with van der Waals surface area (Å²) < 4.78 is 5.75. The molecule has 0 aliphatic carbocycles. The number of hydrogen-bond donors (Lipinski definition) is 2. The molecule has 0 radical (unpaired) electrons. The average Bonchev–Trinajstić information content (AvgIpc) is 2.59. The predicted molar refractivity (Wildman–Crippen MR) is 94.7 cm³/mol. The minimum Gasteiger partial charge on any atom is -0.382 e. The molecule has 1 unspecified atom stereocenters. The number of carbonyl (C=O) groups excluding carboxylic acids is 1. The number of amides is 1. The number of para-hydroxylation sites is 1. The minimum absolute atomic E-state index is 0.102. The van der Waals surface area contributed by atoms with E-state index in [2.05, 4.69) is 22.2 Å². The second-order valence-corrected chi connectivity index (χ2v) is 5.57. The van der Waals surface area contributed by atoms with E-state index in [1.54, 1.807) is 18.3 Å². The lowest BCUT2D eigenvalue weighted by molar-refractivity contribution is 0.0598. The second-order valence-electron chi connectivity index (χ2n) is 5.57. The summed E-state index contributed by atoms with van der Waals surface area (Å²) in [5, 5.41) is 2.76. The van der Waals surface area contributed by atoms with Crippen molar-refractivity contribution in [1.82, 2.24) is 9.97 Å². The van der Waals surface area contributed by atoms with Gasteiger partial charge in [-0.1, -0.05) is 38.0 Å². The summed E-state index contributed by atoms with van der Waals surface area (Å²) in [6, 6.07) is 9.15. The van der Waals surface area contributed by atoms with Gasteiger partial charge in [-0.3, -0.25) is 4.79 Å². The predicted octanol–water partition coefficient (Wildman–Crippen LogP) is 3.58. The van der Waals surface area contributed by atoms with E-state index >= 15 is 0 Å². The van der Waals surface area contributed by atoms with Crippen molar-refractivity contribution in [3.63, 3.8) is 0 Å². The largest absolute Gasteiger partial charge is 0.382 e. The normalized spacial score (nSPS) is 11.9. The zero-order valence-electron chi connectivity index (χ0n) is 14.2. The van der Waals surface area contributed by atoms with Crippen LogP contribution in [0.1, 0.15) is 55.4 Å². The number of carbonyl (C=O) groups is 1. The van der Waals surface area contributed by atoms with Gasteiger partial charge in [0.1, 0.15) is 0 Å². The van der Waals surface area contributed by atoms with Gasteiger partial charge in [0.15, 0.2) is 11.5 Å². The number of nitrogens with one attached hydrogen (secondary N) is 1. The van der Waals surface area contributed by atoms with Gasteiger partial charge in [0.05, 0.1) is 18.0 Å².